The monoisotopic (exact) mass is 431 g/mol. The molecule has 2 aromatic rings. The molecule has 7 nitrogen and oxygen atoms in total. The van der Waals surface area contributed by atoms with Crippen LogP contribution in [-0.2, 0) is 27.8 Å². The first-order chi connectivity index (χ1) is 14.4. The number of aryl methyl sites for hydroxylation is 1. The van der Waals surface area contributed by atoms with Gasteiger partial charge in [0.2, 0.25) is 15.9 Å². The standard InChI is InChI=1S/C22H29N3O4S/c1-2-30(28,29)25(14-13-19-15-23-21-6-4-3-5-20(19)21)16-18-9-7-17(8-10-18)11-12-22(26)24-27/h3-10,19,23,27H,2,11-16H2,1H3,(H,24,26). The fourth-order valence-corrected chi connectivity index (χ4v) is 4.84. The van der Waals surface area contributed by atoms with Gasteiger partial charge in [-0.15, -0.1) is 0 Å². The molecule has 0 saturated carbocycles. The van der Waals surface area contributed by atoms with Crippen molar-refractivity contribution in [3.05, 3.63) is 65.2 Å². The number of nitrogens with one attached hydrogen (secondary N) is 2. The number of benzene rings is 2. The van der Waals surface area contributed by atoms with Crippen LogP contribution < -0.4 is 10.8 Å². The summed E-state index contributed by atoms with van der Waals surface area (Å²) >= 11 is 0. The fourth-order valence-electron chi connectivity index (χ4n) is 3.74. The van der Waals surface area contributed by atoms with Crippen LogP contribution in [0.2, 0.25) is 0 Å². The molecule has 30 heavy (non-hydrogen) atoms. The minimum Gasteiger partial charge on any atom is -0.384 e. The van der Waals surface area contributed by atoms with Crippen LogP contribution >= 0.6 is 0 Å². The predicted molar refractivity (Wildman–Crippen MR) is 117 cm³/mol. The third kappa shape index (κ3) is 5.59. The van der Waals surface area contributed by atoms with Crippen molar-refractivity contribution in [1.29, 1.82) is 0 Å². The molecule has 1 atom stereocenters. The lowest BCUT2D eigenvalue weighted by Gasteiger charge is -2.23. The molecule has 0 fully saturated rings. The van der Waals surface area contributed by atoms with Crippen LogP contribution in [0, 0.1) is 0 Å². The number of anilines is 1. The maximum atomic E-state index is 12.7. The van der Waals surface area contributed by atoms with Gasteiger partial charge in [0.1, 0.15) is 0 Å². The van der Waals surface area contributed by atoms with Crippen LogP contribution in [-0.4, -0.2) is 42.7 Å². The zero-order valence-electron chi connectivity index (χ0n) is 17.2. The van der Waals surface area contributed by atoms with Crippen molar-refractivity contribution in [2.45, 2.75) is 38.6 Å². The van der Waals surface area contributed by atoms with Crippen molar-refractivity contribution in [2.24, 2.45) is 0 Å². The quantitative estimate of drug-likeness (QED) is 0.397. The first-order valence-electron chi connectivity index (χ1n) is 10.2. The van der Waals surface area contributed by atoms with E-state index in [4.69, 9.17) is 5.21 Å². The number of hydrogen-bond acceptors (Lipinski definition) is 5. The molecule has 8 heteroatoms. The highest BCUT2D eigenvalue weighted by molar-refractivity contribution is 7.89. The van der Waals surface area contributed by atoms with E-state index in [2.05, 4.69) is 17.4 Å². The first-order valence-corrected chi connectivity index (χ1v) is 11.8. The van der Waals surface area contributed by atoms with Gasteiger partial charge in [-0.2, -0.15) is 4.31 Å². The Morgan fingerprint density at radius 3 is 2.57 bits per heavy atom. The fraction of sp³-hybridized carbons (Fsp3) is 0.409. The van der Waals surface area contributed by atoms with E-state index in [-0.39, 0.29) is 12.2 Å². The van der Waals surface area contributed by atoms with E-state index >= 15 is 0 Å². The molecule has 162 valence electrons. The Kier molecular flexibility index (Phi) is 7.47. The predicted octanol–water partition coefficient (Wildman–Crippen LogP) is 2.88. The second-order valence-electron chi connectivity index (χ2n) is 7.54. The first kappa shape index (κ1) is 22.3. The number of rotatable bonds is 10. The highest BCUT2D eigenvalue weighted by Crippen LogP contribution is 2.33. The number of carbonyl (C=O) groups is 1. The number of hydrogen-bond donors (Lipinski definition) is 3. The maximum Gasteiger partial charge on any atom is 0.243 e. The maximum absolute atomic E-state index is 12.7. The summed E-state index contributed by atoms with van der Waals surface area (Å²) in [5.74, 6) is -0.0565. The van der Waals surface area contributed by atoms with E-state index in [1.54, 1.807) is 16.7 Å². The summed E-state index contributed by atoms with van der Waals surface area (Å²) in [7, 11) is -3.33. The van der Waals surface area contributed by atoms with Gasteiger partial charge < -0.3 is 5.32 Å². The van der Waals surface area contributed by atoms with Crippen LogP contribution in [0.25, 0.3) is 0 Å². The molecule has 1 heterocycles. The van der Waals surface area contributed by atoms with Gasteiger partial charge in [0.25, 0.3) is 0 Å². The number of sulfonamides is 1. The van der Waals surface area contributed by atoms with Gasteiger partial charge in [0.15, 0.2) is 0 Å². The summed E-state index contributed by atoms with van der Waals surface area (Å²) in [6.45, 7) is 3.30. The second-order valence-corrected chi connectivity index (χ2v) is 9.80. The molecule has 0 aromatic heterocycles. The summed E-state index contributed by atoms with van der Waals surface area (Å²) in [5.41, 5.74) is 5.88. The summed E-state index contributed by atoms with van der Waals surface area (Å²) in [5, 5.41) is 12.0. The number of carbonyl (C=O) groups excluding carboxylic acids is 1. The second kappa shape index (κ2) is 10.1. The molecule has 0 aliphatic carbocycles. The van der Waals surface area contributed by atoms with Crippen LogP contribution in [0.15, 0.2) is 48.5 Å². The number of para-hydroxylation sites is 1. The molecular formula is C22H29N3O4S. The van der Waals surface area contributed by atoms with Crippen molar-refractivity contribution < 1.29 is 18.4 Å². The molecule has 3 rings (SSSR count). The molecule has 1 aliphatic rings. The molecule has 3 N–H and O–H groups in total. The van der Waals surface area contributed by atoms with E-state index in [9.17, 15) is 13.2 Å². The average molecular weight is 432 g/mol. The third-order valence-corrected chi connectivity index (χ3v) is 7.40. The smallest absolute Gasteiger partial charge is 0.243 e. The number of hydroxylamine groups is 1. The molecule has 0 radical (unpaired) electrons. The Morgan fingerprint density at radius 2 is 1.87 bits per heavy atom. The van der Waals surface area contributed by atoms with Gasteiger partial charge in [-0.1, -0.05) is 42.5 Å². The molecule has 1 aliphatic heterocycles. The lowest BCUT2D eigenvalue weighted by atomic mass is 9.98. The van der Waals surface area contributed by atoms with Gasteiger partial charge >= 0.3 is 0 Å². The van der Waals surface area contributed by atoms with Gasteiger partial charge in [-0.05, 0) is 42.5 Å². The summed E-state index contributed by atoms with van der Waals surface area (Å²) in [4.78, 5) is 11.2. The molecule has 0 spiro atoms. The Hall–Kier alpha value is -2.42. The van der Waals surface area contributed by atoms with Crippen LogP contribution in [0.4, 0.5) is 5.69 Å². The van der Waals surface area contributed by atoms with E-state index in [1.807, 2.05) is 36.4 Å². The van der Waals surface area contributed by atoms with Gasteiger partial charge in [0, 0.05) is 37.7 Å². The zero-order chi connectivity index (χ0) is 21.6. The van der Waals surface area contributed by atoms with E-state index in [0.717, 1.165) is 29.8 Å². The van der Waals surface area contributed by atoms with Gasteiger partial charge in [-0.25, -0.2) is 13.9 Å². The van der Waals surface area contributed by atoms with Crippen molar-refractivity contribution in [2.75, 3.05) is 24.2 Å². The lowest BCUT2D eigenvalue weighted by Crippen LogP contribution is -2.33. The average Bonchev–Trinajstić information content (AvgIpc) is 3.18. The normalized spacial score (nSPS) is 15.6. The summed E-state index contributed by atoms with van der Waals surface area (Å²) in [6.07, 6.45) is 1.47. The van der Waals surface area contributed by atoms with E-state index in [0.29, 0.717) is 25.4 Å². The van der Waals surface area contributed by atoms with E-state index in [1.165, 1.54) is 5.56 Å². The minimum atomic E-state index is -3.33. The number of fused-ring (bicyclic) bond motifs is 1. The largest absolute Gasteiger partial charge is 0.384 e. The Bertz CT molecular complexity index is 961. The molecule has 0 saturated heterocycles. The highest BCUT2D eigenvalue weighted by Gasteiger charge is 2.25. The van der Waals surface area contributed by atoms with E-state index < -0.39 is 15.9 Å². The van der Waals surface area contributed by atoms with Gasteiger partial charge in [-0.3, -0.25) is 10.0 Å². The van der Waals surface area contributed by atoms with Gasteiger partial charge in [0.05, 0.1) is 5.75 Å². The summed E-state index contributed by atoms with van der Waals surface area (Å²) in [6, 6.07) is 15.8. The summed E-state index contributed by atoms with van der Waals surface area (Å²) < 4.78 is 26.9. The van der Waals surface area contributed by atoms with Crippen molar-refractivity contribution >= 4 is 21.6 Å². The Balaban J connectivity index is 1.64. The Morgan fingerprint density at radius 1 is 1.17 bits per heavy atom. The van der Waals surface area contributed by atoms with Crippen LogP contribution in [0.1, 0.15) is 42.4 Å². The molecule has 2 aromatic carbocycles. The minimum absolute atomic E-state index is 0.0703. The van der Waals surface area contributed by atoms with Crippen molar-refractivity contribution in [3.63, 3.8) is 0 Å². The topological polar surface area (TPSA) is 98.7 Å². The van der Waals surface area contributed by atoms with Crippen LogP contribution in [0.3, 0.4) is 0 Å². The number of nitrogens with zero attached hydrogens (tertiary/aromatic N) is 1. The third-order valence-electron chi connectivity index (χ3n) is 5.57. The molecular weight excluding hydrogens is 402 g/mol. The van der Waals surface area contributed by atoms with Crippen LogP contribution in [0.5, 0.6) is 0 Å². The zero-order valence-corrected chi connectivity index (χ0v) is 18.0. The molecule has 1 amide bonds. The molecule has 0 bridgehead atoms. The molecule has 1 unspecified atom stereocenters. The van der Waals surface area contributed by atoms with Crippen molar-refractivity contribution in [3.8, 4) is 0 Å². The Labute approximate surface area is 178 Å². The SMILES string of the molecule is CCS(=O)(=O)N(CCC1CNc2ccccc21)Cc1ccc(CCC(=O)NO)cc1. The van der Waals surface area contributed by atoms with Crippen molar-refractivity contribution in [1.82, 2.24) is 9.79 Å². The number of amides is 1. The highest BCUT2D eigenvalue weighted by atomic mass is 32.2. The lowest BCUT2D eigenvalue weighted by molar-refractivity contribution is -0.129.